The van der Waals surface area contributed by atoms with Crippen molar-refractivity contribution in [3.8, 4) is 11.5 Å². The van der Waals surface area contributed by atoms with Gasteiger partial charge >= 0.3 is 0 Å². The lowest BCUT2D eigenvalue weighted by molar-refractivity contribution is 0.0938. The lowest BCUT2D eigenvalue weighted by Gasteiger charge is -2.12. The number of aromatic nitrogens is 1. The molecule has 23 heavy (non-hydrogen) atoms. The Balaban J connectivity index is 2.19. The Bertz CT molecular complexity index is 687. The maximum absolute atomic E-state index is 12.0. The number of pyridine rings is 1. The van der Waals surface area contributed by atoms with Crippen LogP contribution in [0.4, 0.5) is 11.4 Å². The van der Waals surface area contributed by atoms with Gasteiger partial charge in [0.05, 0.1) is 14.2 Å². The van der Waals surface area contributed by atoms with E-state index in [0.29, 0.717) is 17.2 Å². The summed E-state index contributed by atoms with van der Waals surface area (Å²) in [7, 11) is 3.18. The zero-order valence-corrected chi connectivity index (χ0v) is 13.7. The van der Waals surface area contributed by atoms with Crippen LogP contribution in [0.5, 0.6) is 11.5 Å². The summed E-state index contributed by atoms with van der Waals surface area (Å²) in [6.07, 6.45) is 1.60. The van der Waals surface area contributed by atoms with Crippen LogP contribution >= 0.6 is 0 Å². The van der Waals surface area contributed by atoms with E-state index in [9.17, 15) is 4.79 Å². The number of anilines is 2. The third-order valence-corrected chi connectivity index (χ3v) is 3.08. The maximum atomic E-state index is 12.0. The Labute approximate surface area is 135 Å². The summed E-state index contributed by atoms with van der Waals surface area (Å²) in [4.78, 5) is 16.1. The van der Waals surface area contributed by atoms with Gasteiger partial charge in [-0.2, -0.15) is 0 Å². The quantitative estimate of drug-likeness (QED) is 0.857. The Kier molecular flexibility index (Phi) is 5.41. The Morgan fingerprint density at radius 2 is 1.74 bits per heavy atom. The van der Waals surface area contributed by atoms with Crippen molar-refractivity contribution in [2.75, 3.05) is 19.5 Å². The Hall–Kier alpha value is -2.76. The number of amides is 1. The van der Waals surface area contributed by atoms with Crippen molar-refractivity contribution in [2.45, 2.75) is 19.9 Å². The van der Waals surface area contributed by atoms with E-state index in [0.717, 1.165) is 11.4 Å². The van der Waals surface area contributed by atoms with E-state index in [4.69, 9.17) is 9.47 Å². The van der Waals surface area contributed by atoms with Gasteiger partial charge in [-0.15, -0.1) is 0 Å². The molecule has 0 fully saturated rings. The molecule has 0 unspecified atom stereocenters. The standard InChI is InChI=1S/C17H21N3O3/c1-11(2)19-17(21)14-9-13(7-8-18-14)20-12-5-6-15(22-3)16(10-12)23-4/h5-11H,1-4H3,(H,18,20)(H,19,21). The molecule has 1 amide bonds. The minimum atomic E-state index is -0.198. The number of ether oxygens (including phenoxy) is 2. The summed E-state index contributed by atoms with van der Waals surface area (Å²) in [6, 6.07) is 9.07. The van der Waals surface area contributed by atoms with Gasteiger partial charge in [-0.25, -0.2) is 0 Å². The van der Waals surface area contributed by atoms with E-state index in [-0.39, 0.29) is 11.9 Å². The molecular formula is C17H21N3O3. The van der Waals surface area contributed by atoms with Crippen molar-refractivity contribution in [3.05, 3.63) is 42.2 Å². The number of methoxy groups -OCH3 is 2. The fourth-order valence-corrected chi connectivity index (χ4v) is 2.05. The second-order valence-corrected chi connectivity index (χ2v) is 5.25. The van der Waals surface area contributed by atoms with Crippen molar-refractivity contribution in [2.24, 2.45) is 0 Å². The van der Waals surface area contributed by atoms with Gasteiger partial charge in [0.2, 0.25) is 0 Å². The molecule has 0 spiro atoms. The molecule has 1 heterocycles. The van der Waals surface area contributed by atoms with Crippen molar-refractivity contribution >= 4 is 17.3 Å². The first-order valence-corrected chi connectivity index (χ1v) is 7.29. The molecule has 0 aliphatic rings. The van der Waals surface area contributed by atoms with Gasteiger partial charge in [0.1, 0.15) is 5.69 Å². The van der Waals surface area contributed by atoms with Crippen LogP contribution in [-0.2, 0) is 0 Å². The monoisotopic (exact) mass is 315 g/mol. The molecule has 0 saturated heterocycles. The minimum absolute atomic E-state index is 0.0618. The molecule has 2 rings (SSSR count). The molecule has 0 atom stereocenters. The second-order valence-electron chi connectivity index (χ2n) is 5.25. The van der Waals surface area contributed by atoms with E-state index in [1.54, 1.807) is 32.5 Å². The number of rotatable bonds is 6. The lowest BCUT2D eigenvalue weighted by Crippen LogP contribution is -2.30. The van der Waals surface area contributed by atoms with Gasteiger partial charge < -0.3 is 20.1 Å². The van der Waals surface area contributed by atoms with Gasteiger partial charge in [0, 0.05) is 29.7 Å². The van der Waals surface area contributed by atoms with Crippen molar-refractivity contribution in [1.29, 1.82) is 0 Å². The molecule has 122 valence electrons. The van der Waals surface area contributed by atoms with Crippen molar-refractivity contribution in [1.82, 2.24) is 10.3 Å². The fourth-order valence-electron chi connectivity index (χ4n) is 2.05. The van der Waals surface area contributed by atoms with Crippen LogP contribution in [0.15, 0.2) is 36.5 Å². The Morgan fingerprint density at radius 3 is 2.39 bits per heavy atom. The first kappa shape index (κ1) is 16.6. The minimum Gasteiger partial charge on any atom is -0.493 e. The highest BCUT2D eigenvalue weighted by Crippen LogP contribution is 2.31. The maximum Gasteiger partial charge on any atom is 0.270 e. The summed E-state index contributed by atoms with van der Waals surface area (Å²) in [5.74, 6) is 1.09. The van der Waals surface area contributed by atoms with Crippen molar-refractivity contribution in [3.63, 3.8) is 0 Å². The summed E-state index contributed by atoms with van der Waals surface area (Å²) in [5, 5.41) is 6.04. The van der Waals surface area contributed by atoms with Gasteiger partial charge in [0.25, 0.3) is 5.91 Å². The molecule has 0 radical (unpaired) electrons. The zero-order valence-electron chi connectivity index (χ0n) is 13.7. The van der Waals surface area contributed by atoms with E-state index < -0.39 is 0 Å². The predicted octanol–water partition coefficient (Wildman–Crippen LogP) is 2.98. The first-order valence-electron chi connectivity index (χ1n) is 7.29. The molecule has 0 saturated carbocycles. The Morgan fingerprint density at radius 1 is 1.04 bits per heavy atom. The molecule has 2 aromatic rings. The number of carbonyl (C=O) groups excluding carboxylic acids is 1. The number of nitrogens with zero attached hydrogens (tertiary/aromatic N) is 1. The highest BCUT2D eigenvalue weighted by Gasteiger charge is 2.10. The normalized spacial score (nSPS) is 10.3. The molecule has 2 N–H and O–H groups in total. The average molecular weight is 315 g/mol. The van der Waals surface area contributed by atoms with Gasteiger partial charge in [-0.3, -0.25) is 9.78 Å². The molecular weight excluding hydrogens is 294 g/mol. The molecule has 0 aliphatic carbocycles. The van der Waals surface area contributed by atoms with Crippen LogP contribution in [-0.4, -0.2) is 31.2 Å². The third-order valence-electron chi connectivity index (χ3n) is 3.08. The summed E-state index contributed by atoms with van der Waals surface area (Å²) < 4.78 is 10.5. The fraction of sp³-hybridized carbons (Fsp3) is 0.294. The zero-order chi connectivity index (χ0) is 16.8. The number of benzene rings is 1. The van der Waals surface area contributed by atoms with E-state index in [1.807, 2.05) is 32.0 Å². The smallest absolute Gasteiger partial charge is 0.270 e. The summed E-state index contributed by atoms with van der Waals surface area (Å²) >= 11 is 0. The number of hydrogen-bond acceptors (Lipinski definition) is 5. The second kappa shape index (κ2) is 7.49. The molecule has 0 aliphatic heterocycles. The lowest BCUT2D eigenvalue weighted by atomic mass is 10.2. The molecule has 1 aromatic carbocycles. The van der Waals surface area contributed by atoms with E-state index in [2.05, 4.69) is 15.6 Å². The van der Waals surface area contributed by atoms with Crippen LogP contribution < -0.4 is 20.1 Å². The van der Waals surface area contributed by atoms with Gasteiger partial charge in [-0.05, 0) is 38.1 Å². The largest absolute Gasteiger partial charge is 0.493 e. The van der Waals surface area contributed by atoms with Gasteiger partial charge in [0.15, 0.2) is 11.5 Å². The molecule has 0 bridgehead atoms. The number of nitrogens with one attached hydrogen (secondary N) is 2. The molecule has 1 aromatic heterocycles. The van der Waals surface area contributed by atoms with Gasteiger partial charge in [-0.1, -0.05) is 0 Å². The van der Waals surface area contributed by atoms with Crippen LogP contribution in [0.2, 0.25) is 0 Å². The number of carbonyl (C=O) groups is 1. The molecule has 6 heteroatoms. The van der Waals surface area contributed by atoms with E-state index >= 15 is 0 Å². The summed E-state index contributed by atoms with van der Waals surface area (Å²) in [6.45, 7) is 3.81. The highest BCUT2D eigenvalue weighted by molar-refractivity contribution is 5.93. The topological polar surface area (TPSA) is 72.5 Å². The van der Waals surface area contributed by atoms with Crippen molar-refractivity contribution < 1.29 is 14.3 Å². The van der Waals surface area contributed by atoms with Crippen LogP contribution in [0, 0.1) is 0 Å². The number of hydrogen-bond donors (Lipinski definition) is 2. The van der Waals surface area contributed by atoms with Crippen LogP contribution in [0.1, 0.15) is 24.3 Å². The first-order chi connectivity index (χ1) is 11.0. The third kappa shape index (κ3) is 4.35. The SMILES string of the molecule is COc1ccc(Nc2ccnc(C(=O)NC(C)C)c2)cc1OC. The molecule has 6 nitrogen and oxygen atoms in total. The predicted molar refractivity (Wildman–Crippen MR) is 89.7 cm³/mol. The summed E-state index contributed by atoms with van der Waals surface area (Å²) in [5.41, 5.74) is 1.95. The average Bonchev–Trinajstić information content (AvgIpc) is 2.54. The van der Waals surface area contributed by atoms with E-state index in [1.165, 1.54) is 0 Å². The van der Waals surface area contributed by atoms with Crippen LogP contribution in [0.3, 0.4) is 0 Å². The highest BCUT2D eigenvalue weighted by atomic mass is 16.5. The van der Waals surface area contributed by atoms with Crippen LogP contribution in [0.25, 0.3) is 0 Å².